The molecule has 3 aromatic rings. The number of aromatic nitrogens is 1. The maximum atomic E-state index is 5.90. The maximum absolute atomic E-state index is 5.90. The first kappa shape index (κ1) is 23.8. The summed E-state index contributed by atoms with van der Waals surface area (Å²) < 4.78 is 5.90. The van der Waals surface area contributed by atoms with Crippen molar-refractivity contribution in [3.8, 4) is 5.75 Å². The summed E-state index contributed by atoms with van der Waals surface area (Å²) in [4.78, 5) is 13.5. The van der Waals surface area contributed by atoms with Gasteiger partial charge in [0.15, 0.2) is 5.96 Å². The number of guanidine groups is 1. The SMILES string of the molecule is CN=C(NCc1cccc(OCc2ccccn2)c1)N1CCN(c2ccccc2)CC1.I. The number of aliphatic imine (C=N–C) groups is 1. The monoisotopic (exact) mass is 543 g/mol. The standard InChI is InChI=1S/C25H29N5O.HI/c1-26-25(30-16-14-29(15-17-30)23-10-3-2-4-11-23)28-19-21-8-7-12-24(18-21)31-20-22-9-5-6-13-27-22;/h2-13,18H,14-17,19-20H2,1H3,(H,26,28);1H. The zero-order valence-electron chi connectivity index (χ0n) is 18.4. The Balaban J connectivity index is 0.00000289. The number of nitrogens with zero attached hydrogens (tertiary/aromatic N) is 4. The highest BCUT2D eigenvalue weighted by molar-refractivity contribution is 14.0. The number of piperazine rings is 1. The molecule has 2 heterocycles. The van der Waals surface area contributed by atoms with E-state index in [2.05, 4.69) is 67.6 Å². The summed E-state index contributed by atoms with van der Waals surface area (Å²) in [6.07, 6.45) is 1.78. The molecule has 0 bridgehead atoms. The zero-order chi connectivity index (χ0) is 21.3. The van der Waals surface area contributed by atoms with E-state index in [0.29, 0.717) is 13.2 Å². The summed E-state index contributed by atoms with van der Waals surface area (Å²) in [5, 5.41) is 3.50. The fourth-order valence-corrected chi connectivity index (χ4v) is 3.71. The van der Waals surface area contributed by atoms with Gasteiger partial charge in [0.2, 0.25) is 0 Å². The number of para-hydroxylation sites is 1. The van der Waals surface area contributed by atoms with Crippen LogP contribution in [0.3, 0.4) is 0 Å². The fraction of sp³-hybridized carbons (Fsp3) is 0.280. The third-order valence-electron chi connectivity index (χ3n) is 5.37. The van der Waals surface area contributed by atoms with Gasteiger partial charge in [-0.25, -0.2) is 0 Å². The predicted octanol–water partition coefficient (Wildman–Crippen LogP) is 4.18. The van der Waals surface area contributed by atoms with E-state index < -0.39 is 0 Å². The van der Waals surface area contributed by atoms with Gasteiger partial charge in [0.1, 0.15) is 12.4 Å². The Morgan fingerprint density at radius 2 is 1.75 bits per heavy atom. The van der Waals surface area contributed by atoms with E-state index in [1.54, 1.807) is 6.20 Å². The van der Waals surface area contributed by atoms with E-state index in [4.69, 9.17) is 4.74 Å². The van der Waals surface area contributed by atoms with Gasteiger partial charge in [-0.1, -0.05) is 36.4 Å². The minimum atomic E-state index is 0. The number of pyridine rings is 1. The van der Waals surface area contributed by atoms with Crippen molar-refractivity contribution < 1.29 is 4.74 Å². The van der Waals surface area contributed by atoms with Gasteiger partial charge >= 0.3 is 0 Å². The average molecular weight is 543 g/mol. The van der Waals surface area contributed by atoms with Crippen molar-refractivity contribution in [3.63, 3.8) is 0 Å². The molecular formula is C25H30IN5O. The van der Waals surface area contributed by atoms with Gasteiger partial charge in [0.25, 0.3) is 0 Å². The number of ether oxygens (including phenoxy) is 1. The molecule has 4 rings (SSSR count). The first-order chi connectivity index (χ1) is 15.3. The Labute approximate surface area is 207 Å². The lowest BCUT2D eigenvalue weighted by Gasteiger charge is -2.37. The van der Waals surface area contributed by atoms with Crippen molar-refractivity contribution in [1.29, 1.82) is 0 Å². The number of halogens is 1. The first-order valence-corrected chi connectivity index (χ1v) is 10.7. The highest BCUT2D eigenvalue weighted by Gasteiger charge is 2.19. The smallest absolute Gasteiger partial charge is 0.194 e. The minimum absolute atomic E-state index is 0. The van der Waals surface area contributed by atoms with Crippen LogP contribution in [0.1, 0.15) is 11.3 Å². The Kier molecular flexibility index (Phi) is 9.15. The molecule has 1 aliphatic rings. The van der Waals surface area contributed by atoms with Crippen LogP contribution in [0.15, 0.2) is 84.0 Å². The highest BCUT2D eigenvalue weighted by Crippen LogP contribution is 2.17. The second kappa shape index (κ2) is 12.3. The van der Waals surface area contributed by atoms with Gasteiger partial charge < -0.3 is 19.9 Å². The van der Waals surface area contributed by atoms with Crippen LogP contribution in [0, 0.1) is 0 Å². The van der Waals surface area contributed by atoms with E-state index in [0.717, 1.165) is 49.1 Å². The molecule has 7 heteroatoms. The molecule has 6 nitrogen and oxygen atoms in total. The lowest BCUT2D eigenvalue weighted by molar-refractivity contribution is 0.301. The second-order valence-electron chi connectivity index (χ2n) is 7.47. The van der Waals surface area contributed by atoms with Crippen molar-refractivity contribution in [1.82, 2.24) is 15.2 Å². The third-order valence-corrected chi connectivity index (χ3v) is 5.37. The topological polar surface area (TPSA) is 53.0 Å². The molecule has 1 N–H and O–H groups in total. The molecule has 0 spiro atoms. The molecule has 1 fully saturated rings. The summed E-state index contributed by atoms with van der Waals surface area (Å²) in [7, 11) is 1.85. The Morgan fingerprint density at radius 1 is 0.969 bits per heavy atom. The largest absolute Gasteiger partial charge is 0.487 e. The molecule has 0 saturated carbocycles. The predicted molar refractivity (Wildman–Crippen MR) is 141 cm³/mol. The lowest BCUT2D eigenvalue weighted by Crippen LogP contribution is -2.52. The number of benzene rings is 2. The van der Waals surface area contributed by atoms with E-state index in [1.165, 1.54) is 5.69 Å². The number of hydrogen-bond acceptors (Lipinski definition) is 4. The number of rotatable bonds is 6. The molecule has 1 aliphatic heterocycles. The van der Waals surface area contributed by atoms with E-state index in [9.17, 15) is 0 Å². The normalized spacial score (nSPS) is 14.0. The number of hydrogen-bond donors (Lipinski definition) is 1. The van der Waals surface area contributed by atoms with Crippen LogP contribution in [0.2, 0.25) is 0 Å². The summed E-state index contributed by atoms with van der Waals surface area (Å²) in [6.45, 7) is 5.03. The van der Waals surface area contributed by atoms with Crippen LogP contribution in [0.25, 0.3) is 0 Å². The molecule has 1 aromatic heterocycles. The van der Waals surface area contributed by atoms with Gasteiger partial charge in [0, 0.05) is 51.7 Å². The van der Waals surface area contributed by atoms with Crippen LogP contribution in [0.4, 0.5) is 5.69 Å². The van der Waals surface area contributed by atoms with Crippen LogP contribution >= 0.6 is 24.0 Å². The lowest BCUT2D eigenvalue weighted by atomic mass is 10.2. The summed E-state index contributed by atoms with van der Waals surface area (Å²) in [5.74, 6) is 1.78. The van der Waals surface area contributed by atoms with Crippen molar-refractivity contribution >= 4 is 35.6 Å². The summed E-state index contributed by atoms with van der Waals surface area (Å²) >= 11 is 0. The van der Waals surface area contributed by atoms with Crippen molar-refractivity contribution in [2.24, 2.45) is 4.99 Å². The fourth-order valence-electron chi connectivity index (χ4n) is 3.71. The van der Waals surface area contributed by atoms with Crippen molar-refractivity contribution in [2.75, 3.05) is 38.1 Å². The Morgan fingerprint density at radius 3 is 2.47 bits per heavy atom. The second-order valence-corrected chi connectivity index (χ2v) is 7.47. The van der Waals surface area contributed by atoms with Crippen LogP contribution in [0.5, 0.6) is 5.75 Å². The molecule has 168 valence electrons. The van der Waals surface area contributed by atoms with E-state index >= 15 is 0 Å². The maximum Gasteiger partial charge on any atom is 0.194 e. The molecule has 2 aromatic carbocycles. The molecule has 1 saturated heterocycles. The van der Waals surface area contributed by atoms with Gasteiger partial charge in [-0.05, 0) is 42.0 Å². The highest BCUT2D eigenvalue weighted by atomic mass is 127. The van der Waals surface area contributed by atoms with Crippen molar-refractivity contribution in [3.05, 3.63) is 90.3 Å². The Hall–Kier alpha value is -2.81. The molecule has 0 aliphatic carbocycles. The quantitative estimate of drug-likeness (QED) is 0.288. The first-order valence-electron chi connectivity index (χ1n) is 10.7. The van der Waals surface area contributed by atoms with Crippen LogP contribution in [-0.2, 0) is 13.2 Å². The van der Waals surface area contributed by atoms with Gasteiger partial charge in [-0.3, -0.25) is 9.98 Å². The molecule has 0 radical (unpaired) electrons. The van der Waals surface area contributed by atoms with Crippen molar-refractivity contribution in [2.45, 2.75) is 13.2 Å². The number of anilines is 1. The Bertz CT molecular complexity index is 976. The number of nitrogens with one attached hydrogen (secondary N) is 1. The molecular weight excluding hydrogens is 513 g/mol. The van der Waals surface area contributed by atoms with Gasteiger partial charge in [-0.15, -0.1) is 24.0 Å². The summed E-state index contributed by atoms with van der Waals surface area (Å²) in [5.41, 5.74) is 3.36. The van der Waals surface area contributed by atoms with Gasteiger partial charge in [-0.2, -0.15) is 0 Å². The zero-order valence-corrected chi connectivity index (χ0v) is 20.7. The van der Waals surface area contributed by atoms with Crippen LogP contribution in [-0.4, -0.2) is 49.1 Å². The summed E-state index contributed by atoms with van der Waals surface area (Å²) in [6, 6.07) is 24.6. The molecule has 0 unspecified atom stereocenters. The average Bonchev–Trinajstić information content (AvgIpc) is 2.85. The minimum Gasteiger partial charge on any atom is -0.487 e. The molecule has 0 atom stereocenters. The van der Waals surface area contributed by atoms with Gasteiger partial charge in [0.05, 0.1) is 5.69 Å². The van der Waals surface area contributed by atoms with E-state index in [-0.39, 0.29) is 24.0 Å². The molecule has 0 amide bonds. The van der Waals surface area contributed by atoms with E-state index in [1.807, 2.05) is 37.4 Å². The third kappa shape index (κ3) is 6.59. The molecule has 32 heavy (non-hydrogen) atoms. The van der Waals surface area contributed by atoms with Crippen LogP contribution < -0.4 is 15.0 Å².